The molecule has 1 heterocycles. The van der Waals surface area contributed by atoms with Crippen LogP contribution in [0.3, 0.4) is 0 Å². The van der Waals surface area contributed by atoms with Gasteiger partial charge in [0, 0.05) is 23.1 Å². The topological polar surface area (TPSA) is 20.3 Å². The summed E-state index contributed by atoms with van der Waals surface area (Å²) in [7, 11) is 0. The van der Waals surface area contributed by atoms with Crippen molar-refractivity contribution in [1.82, 2.24) is 4.90 Å². The molecule has 0 N–H and O–H groups in total. The van der Waals surface area contributed by atoms with Gasteiger partial charge in [0.2, 0.25) is 0 Å². The Balaban J connectivity index is 2.32. The Hall–Kier alpha value is -0.940. The lowest BCUT2D eigenvalue weighted by Gasteiger charge is -2.18. The molecule has 0 aliphatic rings. The van der Waals surface area contributed by atoms with Crippen LogP contribution in [0.25, 0.3) is 10.1 Å². The number of hydrogen-bond acceptors (Lipinski definition) is 2. The van der Waals surface area contributed by atoms with E-state index in [4.69, 9.17) is 0 Å². The molecule has 0 spiro atoms. The van der Waals surface area contributed by atoms with E-state index in [0.29, 0.717) is 18.0 Å². The fourth-order valence-electron chi connectivity index (χ4n) is 1.77. The molecule has 1 amide bonds. The third-order valence-corrected chi connectivity index (χ3v) is 4.16. The van der Waals surface area contributed by atoms with Crippen molar-refractivity contribution >= 4 is 43.3 Å². The van der Waals surface area contributed by atoms with Gasteiger partial charge >= 0.3 is 0 Å². The van der Waals surface area contributed by atoms with Gasteiger partial charge in [-0.3, -0.25) is 4.79 Å². The van der Waals surface area contributed by atoms with Crippen molar-refractivity contribution in [2.45, 2.75) is 6.92 Å². The molecular formula is C13H13BrFNOS. The van der Waals surface area contributed by atoms with Crippen LogP contribution >= 0.6 is 27.3 Å². The van der Waals surface area contributed by atoms with E-state index in [2.05, 4.69) is 15.9 Å². The number of fused-ring (bicyclic) bond motifs is 1. The molecule has 96 valence electrons. The fraction of sp³-hybridized carbons (Fsp3) is 0.308. The Morgan fingerprint density at radius 1 is 1.44 bits per heavy atom. The van der Waals surface area contributed by atoms with Gasteiger partial charge in [-0.2, -0.15) is 0 Å². The number of hydrogen-bond donors (Lipinski definition) is 0. The fourth-order valence-corrected chi connectivity index (χ4v) is 3.26. The summed E-state index contributed by atoms with van der Waals surface area (Å²) < 4.78 is 13.9. The van der Waals surface area contributed by atoms with Gasteiger partial charge in [0.1, 0.15) is 5.82 Å². The summed E-state index contributed by atoms with van der Waals surface area (Å²) in [6.45, 7) is 3.30. The van der Waals surface area contributed by atoms with E-state index in [1.807, 2.05) is 13.0 Å². The number of halogens is 2. The van der Waals surface area contributed by atoms with Crippen LogP contribution < -0.4 is 0 Å². The van der Waals surface area contributed by atoms with Gasteiger partial charge in [-0.1, -0.05) is 22.0 Å². The molecule has 0 atom stereocenters. The molecule has 0 fully saturated rings. The molecule has 2 aromatic rings. The molecule has 2 rings (SSSR count). The standard InChI is InChI=1S/C13H13BrFNOS/c1-2-16(6-5-14)13(17)12-7-9-3-4-10(15)8-11(9)18-12/h3-4,7-8H,2,5-6H2,1H3. The minimum absolute atomic E-state index is 0.0126. The zero-order valence-corrected chi connectivity index (χ0v) is 12.4. The third-order valence-electron chi connectivity index (χ3n) is 2.72. The predicted octanol–water partition coefficient (Wildman–Crippen LogP) is 3.90. The van der Waals surface area contributed by atoms with Crippen molar-refractivity contribution in [3.63, 3.8) is 0 Å². The summed E-state index contributed by atoms with van der Waals surface area (Å²) in [4.78, 5) is 14.7. The normalized spacial score (nSPS) is 10.8. The van der Waals surface area contributed by atoms with Gasteiger partial charge in [-0.05, 0) is 30.5 Å². The number of amides is 1. The molecule has 1 aromatic carbocycles. The van der Waals surface area contributed by atoms with Crippen molar-refractivity contribution < 1.29 is 9.18 Å². The Morgan fingerprint density at radius 3 is 2.89 bits per heavy atom. The van der Waals surface area contributed by atoms with Gasteiger partial charge in [0.05, 0.1) is 4.88 Å². The monoisotopic (exact) mass is 329 g/mol. The summed E-state index contributed by atoms with van der Waals surface area (Å²) in [6, 6.07) is 6.42. The SMILES string of the molecule is CCN(CCBr)C(=O)c1cc2ccc(F)cc2s1. The maximum absolute atomic E-state index is 13.1. The van der Waals surface area contributed by atoms with Crippen LogP contribution in [0.1, 0.15) is 16.6 Å². The van der Waals surface area contributed by atoms with E-state index in [1.54, 1.807) is 11.0 Å². The Bertz CT molecular complexity index is 569. The maximum atomic E-state index is 13.1. The molecule has 0 bridgehead atoms. The molecule has 1 aromatic heterocycles. The first kappa shape index (κ1) is 13.5. The zero-order valence-electron chi connectivity index (χ0n) is 9.95. The summed E-state index contributed by atoms with van der Waals surface area (Å²) in [5, 5.41) is 1.67. The van der Waals surface area contributed by atoms with E-state index in [0.717, 1.165) is 15.4 Å². The highest BCUT2D eigenvalue weighted by Gasteiger charge is 2.16. The van der Waals surface area contributed by atoms with Gasteiger partial charge in [0.25, 0.3) is 5.91 Å². The number of thiophene rings is 1. The van der Waals surface area contributed by atoms with E-state index < -0.39 is 0 Å². The van der Waals surface area contributed by atoms with Gasteiger partial charge in [-0.25, -0.2) is 4.39 Å². The van der Waals surface area contributed by atoms with E-state index >= 15 is 0 Å². The van der Waals surface area contributed by atoms with Crippen LogP contribution in [0.5, 0.6) is 0 Å². The van der Waals surface area contributed by atoms with Gasteiger partial charge in [0.15, 0.2) is 0 Å². The molecule has 0 aliphatic heterocycles. The molecule has 2 nitrogen and oxygen atoms in total. The predicted molar refractivity (Wildman–Crippen MR) is 77.2 cm³/mol. The first-order valence-electron chi connectivity index (χ1n) is 5.70. The van der Waals surface area contributed by atoms with Gasteiger partial charge < -0.3 is 4.90 Å². The number of benzene rings is 1. The lowest BCUT2D eigenvalue weighted by Crippen LogP contribution is -2.31. The maximum Gasteiger partial charge on any atom is 0.263 e. The van der Waals surface area contributed by atoms with Crippen molar-refractivity contribution in [3.05, 3.63) is 35.0 Å². The minimum atomic E-state index is -0.267. The molecule has 0 aliphatic carbocycles. The minimum Gasteiger partial charge on any atom is -0.337 e. The smallest absolute Gasteiger partial charge is 0.263 e. The zero-order chi connectivity index (χ0) is 13.1. The molecule has 18 heavy (non-hydrogen) atoms. The highest BCUT2D eigenvalue weighted by Crippen LogP contribution is 2.27. The molecule has 0 unspecified atom stereocenters. The summed E-state index contributed by atoms with van der Waals surface area (Å²) >= 11 is 4.68. The first-order chi connectivity index (χ1) is 8.65. The quantitative estimate of drug-likeness (QED) is 0.779. The van der Waals surface area contributed by atoms with Crippen molar-refractivity contribution in [2.75, 3.05) is 18.4 Å². The average Bonchev–Trinajstić information content (AvgIpc) is 2.77. The van der Waals surface area contributed by atoms with Crippen LogP contribution in [0.15, 0.2) is 24.3 Å². The van der Waals surface area contributed by atoms with E-state index in [1.165, 1.54) is 23.5 Å². The summed E-state index contributed by atoms with van der Waals surface area (Å²) in [5.74, 6) is -0.255. The average molecular weight is 330 g/mol. The summed E-state index contributed by atoms with van der Waals surface area (Å²) in [6.07, 6.45) is 0. The molecule has 0 radical (unpaired) electrons. The summed E-state index contributed by atoms with van der Waals surface area (Å²) in [5.41, 5.74) is 0. The number of nitrogens with zero attached hydrogens (tertiary/aromatic N) is 1. The number of alkyl halides is 1. The second kappa shape index (κ2) is 5.80. The number of carbonyl (C=O) groups excluding carboxylic acids is 1. The Kier molecular flexibility index (Phi) is 4.35. The Morgan fingerprint density at radius 2 is 2.22 bits per heavy atom. The van der Waals surface area contributed by atoms with Crippen LogP contribution in [0.2, 0.25) is 0 Å². The second-order valence-corrected chi connectivity index (χ2v) is 5.74. The number of carbonyl (C=O) groups is 1. The first-order valence-corrected chi connectivity index (χ1v) is 7.64. The van der Waals surface area contributed by atoms with E-state index in [-0.39, 0.29) is 11.7 Å². The largest absolute Gasteiger partial charge is 0.337 e. The highest BCUT2D eigenvalue weighted by molar-refractivity contribution is 9.09. The van der Waals surface area contributed by atoms with Crippen molar-refractivity contribution in [2.24, 2.45) is 0 Å². The lowest BCUT2D eigenvalue weighted by atomic mass is 10.2. The third kappa shape index (κ3) is 2.72. The van der Waals surface area contributed by atoms with Crippen LogP contribution in [0, 0.1) is 5.82 Å². The van der Waals surface area contributed by atoms with Crippen LogP contribution in [-0.2, 0) is 0 Å². The van der Waals surface area contributed by atoms with E-state index in [9.17, 15) is 9.18 Å². The lowest BCUT2D eigenvalue weighted by molar-refractivity contribution is 0.0780. The van der Waals surface area contributed by atoms with Gasteiger partial charge in [-0.15, -0.1) is 11.3 Å². The Labute approximate surface area is 118 Å². The van der Waals surface area contributed by atoms with Crippen LogP contribution in [0.4, 0.5) is 4.39 Å². The van der Waals surface area contributed by atoms with Crippen molar-refractivity contribution in [1.29, 1.82) is 0 Å². The number of rotatable bonds is 4. The van der Waals surface area contributed by atoms with Crippen molar-refractivity contribution in [3.8, 4) is 0 Å². The molecular weight excluding hydrogens is 317 g/mol. The second-order valence-electron chi connectivity index (χ2n) is 3.87. The molecule has 5 heteroatoms. The highest BCUT2D eigenvalue weighted by atomic mass is 79.9. The molecule has 0 saturated carbocycles. The van der Waals surface area contributed by atoms with Crippen LogP contribution in [-0.4, -0.2) is 29.2 Å². The molecule has 0 saturated heterocycles.